The Hall–Kier alpha value is -1.85. The molecule has 0 spiro atoms. The number of carbonyl (C=O) groups is 2. The van der Waals surface area contributed by atoms with Gasteiger partial charge in [0.05, 0.1) is 0 Å². The van der Waals surface area contributed by atoms with Gasteiger partial charge in [0, 0.05) is 24.9 Å². The van der Waals surface area contributed by atoms with Gasteiger partial charge in [-0.2, -0.15) is 0 Å². The van der Waals surface area contributed by atoms with Crippen molar-refractivity contribution < 1.29 is 19.2 Å². The van der Waals surface area contributed by atoms with Crippen LogP contribution in [0.5, 0.6) is 0 Å². The van der Waals surface area contributed by atoms with Crippen LogP contribution in [0.3, 0.4) is 0 Å². The summed E-state index contributed by atoms with van der Waals surface area (Å²) in [5.74, 6) is 0.363. The molecule has 1 unspecified atom stereocenters. The molecule has 6 nitrogen and oxygen atoms in total. The molecule has 1 aromatic heterocycles. The van der Waals surface area contributed by atoms with E-state index in [0.29, 0.717) is 18.4 Å². The molecule has 0 bridgehead atoms. The van der Waals surface area contributed by atoms with Crippen molar-refractivity contribution in [1.29, 1.82) is 0 Å². The van der Waals surface area contributed by atoms with Crippen LogP contribution in [-0.2, 0) is 4.79 Å². The average molecular weight is 294 g/mol. The first-order valence-corrected chi connectivity index (χ1v) is 7.42. The molecular weight excluding hydrogens is 272 g/mol. The third-order valence-corrected chi connectivity index (χ3v) is 3.56. The summed E-state index contributed by atoms with van der Waals surface area (Å²) in [6.07, 6.45) is 3.00. The second-order valence-electron chi connectivity index (χ2n) is 6.19. The quantitative estimate of drug-likeness (QED) is 0.768. The highest BCUT2D eigenvalue weighted by molar-refractivity contribution is 5.92. The maximum Gasteiger partial charge on any atom is 0.303 e. The van der Waals surface area contributed by atoms with Crippen LogP contribution in [0.4, 0.5) is 0 Å². The molecule has 0 saturated heterocycles. The normalized spacial score (nSPS) is 16.0. The van der Waals surface area contributed by atoms with E-state index < -0.39 is 5.97 Å². The third kappa shape index (κ3) is 4.88. The lowest BCUT2D eigenvalue weighted by Crippen LogP contribution is -2.31. The molecule has 1 atom stereocenters. The van der Waals surface area contributed by atoms with Gasteiger partial charge in [-0.25, -0.2) is 0 Å². The van der Waals surface area contributed by atoms with Crippen LogP contribution in [0.15, 0.2) is 10.6 Å². The van der Waals surface area contributed by atoms with Gasteiger partial charge in [-0.15, -0.1) is 0 Å². The summed E-state index contributed by atoms with van der Waals surface area (Å²) in [5, 5.41) is 15.4. The van der Waals surface area contributed by atoms with Crippen LogP contribution >= 0.6 is 0 Å². The van der Waals surface area contributed by atoms with Crippen molar-refractivity contribution >= 4 is 11.9 Å². The number of carboxylic acid groups (broad SMARTS) is 1. The zero-order valence-corrected chi connectivity index (χ0v) is 12.5. The van der Waals surface area contributed by atoms with Crippen molar-refractivity contribution in [3.8, 4) is 0 Å². The van der Waals surface area contributed by atoms with E-state index in [1.807, 2.05) is 13.8 Å². The number of amides is 1. The van der Waals surface area contributed by atoms with Crippen molar-refractivity contribution in [2.45, 2.75) is 45.4 Å². The van der Waals surface area contributed by atoms with Crippen LogP contribution in [0.1, 0.15) is 61.7 Å². The topological polar surface area (TPSA) is 92.4 Å². The summed E-state index contributed by atoms with van der Waals surface area (Å²) in [6.45, 7) is 4.42. The molecule has 1 aliphatic rings. The van der Waals surface area contributed by atoms with Crippen molar-refractivity contribution in [2.75, 3.05) is 6.54 Å². The number of carboxylic acids is 1. The lowest BCUT2D eigenvalue weighted by atomic mass is 9.94. The van der Waals surface area contributed by atoms with E-state index in [2.05, 4.69) is 10.5 Å². The number of carbonyl (C=O) groups excluding carboxylic acids is 1. The Bertz CT molecular complexity index is 506. The zero-order valence-electron chi connectivity index (χ0n) is 12.5. The van der Waals surface area contributed by atoms with Crippen LogP contribution in [0.2, 0.25) is 0 Å². The number of nitrogens with zero attached hydrogens (tertiary/aromatic N) is 1. The highest BCUT2D eigenvalue weighted by Gasteiger charge is 2.29. The van der Waals surface area contributed by atoms with E-state index in [4.69, 9.17) is 9.63 Å². The Labute approximate surface area is 123 Å². The first kappa shape index (κ1) is 15.5. The van der Waals surface area contributed by atoms with Gasteiger partial charge in [-0.1, -0.05) is 19.0 Å². The SMILES string of the molecule is CC(C)CC(CNC(=O)c1cc(C2CC2)on1)CC(=O)O. The Morgan fingerprint density at radius 3 is 2.76 bits per heavy atom. The van der Waals surface area contributed by atoms with Crippen LogP contribution in [0, 0.1) is 11.8 Å². The van der Waals surface area contributed by atoms with Gasteiger partial charge >= 0.3 is 5.97 Å². The second-order valence-corrected chi connectivity index (χ2v) is 6.19. The molecule has 116 valence electrons. The van der Waals surface area contributed by atoms with E-state index in [1.165, 1.54) is 0 Å². The Morgan fingerprint density at radius 1 is 1.48 bits per heavy atom. The number of aliphatic carboxylic acids is 1. The van der Waals surface area contributed by atoms with Crippen LogP contribution in [0.25, 0.3) is 0 Å². The van der Waals surface area contributed by atoms with E-state index in [1.54, 1.807) is 6.07 Å². The molecule has 1 fully saturated rings. The predicted octanol–water partition coefficient (Wildman–Crippen LogP) is 2.42. The Morgan fingerprint density at radius 2 is 2.19 bits per heavy atom. The highest BCUT2D eigenvalue weighted by atomic mass is 16.5. The number of hydrogen-bond donors (Lipinski definition) is 2. The maximum atomic E-state index is 12.0. The molecular formula is C15H22N2O4. The average Bonchev–Trinajstić information content (AvgIpc) is 3.12. The van der Waals surface area contributed by atoms with Crippen molar-refractivity contribution in [2.24, 2.45) is 11.8 Å². The van der Waals surface area contributed by atoms with Gasteiger partial charge in [-0.05, 0) is 31.1 Å². The fourth-order valence-corrected chi connectivity index (χ4v) is 2.44. The van der Waals surface area contributed by atoms with Crippen LogP contribution < -0.4 is 5.32 Å². The molecule has 1 aliphatic carbocycles. The van der Waals surface area contributed by atoms with Gasteiger partial charge < -0.3 is 14.9 Å². The first-order valence-electron chi connectivity index (χ1n) is 7.42. The molecule has 2 rings (SSSR count). The van der Waals surface area contributed by atoms with Gasteiger partial charge in [0.1, 0.15) is 5.76 Å². The number of nitrogens with one attached hydrogen (secondary N) is 1. The third-order valence-electron chi connectivity index (χ3n) is 3.56. The first-order chi connectivity index (χ1) is 9.95. The largest absolute Gasteiger partial charge is 0.481 e. The molecule has 1 aromatic rings. The summed E-state index contributed by atoms with van der Waals surface area (Å²) in [7, 11) is 0. The van der Waals surface area contributed by atoms with E-state index >= 15 is 0 Å². The van der Waals surface area contributed by atoms with Gasteiger partial charge in [0.15, 0.2) is 5.69 Å². The van der Waals surface area contributed by atoms with E-state index in [0.717, 1.165) is 25.0 Å². The Balaban J connectivity index is 1.85. The smallest absolute Gasteiger partial charge is 0.303 e. The zero-order chi connectivity index (χ0) is 15.4. The fraction of sp³-hybridized carbons (Fsp3) is 0.667. The molecule has 6 heteroatoms. The minimum absolute atomic E-state index is 0.0601. The summed E-state index contributed by atoms with van der Waals surface area (Å²) >= 11 is 0. The highest BCUT2D eigenvalue weighted by Crippen LogP contribution is 2.40. The lowest BCUT2D eigenvalue weighted by molar-refractivity contribution is -0.138. The molecule has 0 aromatic carbocycles. The number of rotatable bonds is 8. The number of hydrogen-bond acceptors (Lipinski definition) is 4. The molecule has 2 N–H and O–H groups in total. The van der Waals surface area contributed by atoms with E-state index in [-0.39, 0.29) is 23.9 Å². The van der Waals surface area contributed by atoms with Gasteiger partial charge in [0.25, 0.3) is 5.91 Å². The molecule has 0 radical (unpaired) electrons. The molecule has 1 heterocycles. The van der Waals surface area contributed by atoms with E-state index in [9.17, 15) is 9.59 Å². The summed E-state index contributed by atoms with van der Waals surface area (Å²) in [6, 6.07) is 1.68. The van der Waals surface area contributed by atoms with Crippen LogP contribution in [-0.4, -0.2) is 28.7 Å². The molecule has 0 aliphatic heterocycles. The summed E-state index contributed by atoms with van der Waals surface area (Å²) < 4.78 is 5.14. The molecule has 21 heavy (non-hydrogen) atoms. The fourth-order valence-electron chi connectivity index (χ4n) is 2.44. The minimum atomic E-state index is -0.840. The van der Waals surface area contributed by atoms with Crippen molar-refractivity contribution in [3.63, 3.8) is 0 Å². The summed E-state index contributed by atoms with van der Waals surface area (Å²) in [5.41, 5.74) is 0.274. The van der Waals surface area contributed by atoms with Crippen molar-refractivity contribution in [3.05, 3.63) is 17.5 Å². The standard InChI is InChI=1S/C15H22N2O4/c1-9(2)5-10(6-14(18)19)8-16-15(20)12-7-13(21-17-12)11-3-4-11/h7,9-11H,3-6,8H2,1-2H3,(H,16,20)(H,18,19). The minimum Gasteiger partial charge on any atom is -0.481 e. The van der Waals surface area contributed by atoms with Gasteiger partial charge in [-0.3, -0.25) is 9.59 Å². The lowest BCUT2D eigenvalue weighted by Gasteiger charge is -2.17. The molecule has 1 amide bonds. The summed E-state index contributed by atoms with van der Waals surface area (Å²) in [4.78, 5) is 22.8. The maximum absolute atomic E-state index is 12.0. The van der Waals surface area contributed by atoms with Gasteiger partial charge in [0.2, 0.25) is 0 Å². The monoisotopic (exact) mass is 294 g/mol. The second kappa shape index (κ2) is 6.74. The number of aromatic nitrogens is 1. The predicted molar refractivity (Wildman–Crippen MR) is 76.0 cm³/mol. The molecule has 1 saturated carbocycles. The Kier molecular flexibility index (Phi) is 4.98. The van der Waals surface area contributed by atoms with Crippen molar-refractivity contribution in [1.82, 2.24) is 10.5 Å².